The van der Waals surface area contributed by atoms with Crippen LogP contribution in [0, 0.1) is 5.82 Å². The first-order valence-electron chi connectivity index (χ1n) is 3.91. The molecular weight excluding hydrogens is 207 g/mol. The molecule has 0 saturated heterocycles. The van der Waals surface area contributed by atoms with Gasteiger partial charge in [0.2, 0.25) is 9.84 Å². The molecule has 2 rings (SSSR count). The summed E-state index contributed by atoms with van der Waals surface area (Å²) < 4.78 is 35.6. The highest BCUT2D eigenvalue weighted by molar-refractivity contribution is 7.95. The predicted octanol–water partition coefficient (Wildman–Crippen LogP) is 0.946. The zero-order chi connectivity index (χ0) is 10.3. The van der Waals surface area contributed by atoms with Crippen LogP contribution in [0.3, 0.4) is 0 Å². The summed E-state index contributed by atoms with van der Waals surface area (Å²) in [6, 6.07) is 3.49. The summed E-state index contributed by atoms with van der Waals surface area (Å²) in [6.45, 7) is -0.363. The molecule has 1 N–H and O–H groups in total. The van der Waals surface area contributed by atoms with Gasteiger partial charge in [-0.15, -0.1) is 0 Å². The number of aliphatic hydroxyl groups is 1. The molecule has 74 valence electrons. The van der Waals surface area contributed by atoms with E-state index in [1.165, 1.54) is 12.1 Å². The van der Waals surface area contributed by atoms with E-state index in [0.717, 1.165) is 11.5 Å². The average molecular weight is 214 g/mol. The van der Waals surface area contributed by atoms with Gasteiger partial charge in [-0.1, -0.05) is 6.07 Å². The van der Waals surface area contributed by atoms with Crippen molar-refractivity contribution in [2.24, 2.45) is 0 Å². The van der Waals surface area contributed by atoms with Gasteiger partial charge in [-0.25, -0.2) is 12.8 Å². The monoisotopic (exact) mass is 214 g/mol. The lowest BCUT2D eigenvalue weighted by molar-refractivity contribution is 0.350. The Morgan fingerprint density at radius 1 is 1.36 bits per heavy atom. The highest BCUT2D eigenvalue weighted by Gasteiger charge is 2.26. The molecule has 1 aliphatic rings. The number of fused-ring (bicyclic) bond motifs is 1. The van der Waals surface area contributed by atoms with Crippen molar-refractivity contribution in [1.29, 1.82) is 0 Å². The van der Waals surface area contributed by atoms with Gasteiger partial charge in [0, 0.05) is 5.41 Å². The lowest BCUT2D eigenvalue weighted by atomic mass is 10.1. The van der Waals surface area contributed by atoms with Crippen molar-refractivity contribution in [2.45, 2.75) is 4.90 Å². The third-order valence-corrected chi connectivity index (χ3v) is 3.61. The van der Waals surface area contributed by atoms with Crippen molar-refractivity contribution in [3.05, 3.63) is 35.0 Å². The van der Waals surface area contributed by atoms with Gasteiger partial charge in [0.1, 0.15) is 5.82 Å². The number of hydrogen-bond donors (Lipinski definition) is 1. The van der Waals surface area contributed by atoms with Gasteiger partial charge in [-0.05, 0) is 23.3 Å². The third-order valence-electron chi connectivity index (χ3n) is 2.06. The number of aliphatic hydroxyl groups excluding tert-OH is 1. The molecule has 1 aromatic carbocycles. The van der Waals surface area contributed by atoms with Crippen LogP contribution in [0.4, 0.5) is 4.39 Å². The Morgan fingerprint density at radius 3 is 2.71 bits per heavy atom. The third kappa shape index (κ3) is 1.25. The maximum Gasteiger partial charge on any atom is 0.200 e. The number of benzene rings is 1. The summed E-state index contributed by atoms with van der Waals surface area (Å²) >= 11 is 0. The van der Waals surface area contributed by atoms with Crippen molar-refractivity contribution in [3.63, 3.8) is 0 Å². The average Bonchev–Trinajstić information content (AvgIpc) is 2.38. The van der Waals surface area contributed by atoms with Crippen LogP contribution in [0.15, 0.2) is 28.5 Å². The van der Waals surface area contributed by atoms with Gasteiger partial charge in [-0.2, -0.15) is 0 Å². The standard InChI is InChI=1S/C9H7FO3S/c10-7-1-2-8-6(4-11)5-14(12,13)9(8)3-7/h1-3,5,11H,4H2. The second kappa shape index (κ2) is 2.90. The van der Waals surface area contributed by atoms with Gasteiger partial charge in [0.05, 0.1) is 11.5 Å². The molecule has 0 unspecified atom stereocenters. The van der Waals surface area contributed by atoms with Crippen LogP contribution >= 0.6 is 0 Å². The van der Waals surface area contributed by atoms with Crippen molar-refractivity contribution in [3.8, 4) is 0 Å². The number of halogens is 1. The van der Waals surface area contributed by atoms with Gasteiger partial charge in [0.25, 0.3) is 0 Å². The normalized spacial score (nSPS) is 17.7. The van der Waals surface area contributed by atoms with E-state index in [1.54, 1.807) is 0 Å². The summed E-state index contributed by atoms with van der Waals surface area (Å²) in [4.78, 5) is -0.0680. The van der Waals surface area contributed by atoms with Crippen molar-refractivity contribution in [2.75, 3.05) is 6.61 Å². The Bertz CT molecular complexity index is 517. The van der Waals surface area contributed by atoms with Crippen LogP contribution in [0.2, 0.25) is 0 Å². The minimum Gasteiger partial charge on any atom is -0.392 e. The fourth-order valence-corrected chi connectivity index (χ4v) is 2.92. The SMILES string of the molecule is O=S1(=O)C=C(CO)c2ccc(F)cc21. The first kappa shape index (κ1) is 9.36. The maximum absolute atomic E-state index is 12.8. The second-order valence-electron chi connectivity index (χ2n) is 2.99. The van der Waals surface area contributed by atoms with E-state index < -0.39 is 15.7 Å². The van der Waals surface area contributed by atoms with Crippen molar-refractivity contribution < 1.29 is 17.9 Å². The van der Waals surface area contributed by atoms with E-state index in [2.05, 4.69) is 0 Å². The molecule has 3 nitrogen and oxygen atoms in total. The second-order valence-corrected chi connectivity index (χ2v) is 4.75. The molecular formula is C9H7FO3S. The highest BCUT2D eigenvalue weighted by atomic mass is 32.2. The number of hydrogen-bond acceptors (Lipinski definition) is 3. The fraction of sp³-hybridized carbons (Fsp3) is 0.111. The van der Waals surface area contributed by atoms with Crippen molar-refractivity contribution >= 4 is 15.4 Å². The predicted molar refractivity (Wildman–Crippen MR) is 48.6 cm³/mol. The fourth-order valence-electron chi connectivity index (χ4n) is 1.43. The van der Waals surface area contributed by atoms with E-state index in [9.17, 15) is 12.8 Å². The van der Waals surface area contributed by atoms with Crippen molar-refractivity contribution in [1.82, 2.24) is 0 Å². The Morgan fingerprint density at radius 2 is 2.07 bits per heavy atom. The summed E-state index contributed by atoms with van der Waals surface area (Å²) in [5.41, 5.74) is 0.689. The van der Waals surface area contributed by atoms with Gasteiger partial charge < -0.3 is 5.11 Å². The molecule has 0 fully saturated rings. The number of rotatable bonds is 1. The van der Waals surface area contributed by atoms with Gasteiger partial charge in [0.15, 0.2) is 0 Å². The first-order valence-corrected chi connectivity index (χ1v) is 5.45. The lowest BCUT2D eigenvalue weighted by Crippen LogP contribution is -1.94. The molecule has 0 aromatic heterocycles. The van der Waals surface area contributed by atoms with Crippen LogP contribution in [0.1, 0.15) is 5.56 Å². The Hall–Kier alpha value is -1.20. The molecule has 0 amide bonds. The van der Waals surface area contributed by atoms with Gasteiger partial charge >= 0.3 is 0 Å². The van der Waals surface area contributed by atoms with E-state index in [1.807, 2.05) is 0 Å². The molecule has 1 aromatic rings. The van der Waals surface area contributed by atoms with Crippen LogP contribution in [-0.4, -0.2) is 20.1 Å². The quantitative estimate of drug-likeness (QED) is 0.757. The molecule has 0 aliphatic carbocycles. The molecule has 0 radical (unpaired) electrons. The van der Waals surface area contributed by atoms with Crippen LogP contribution in [0.5, 0.6) is 0 Å². The Kier molecular flexibility index (Phi) is 1.94. The maximum atomic E-state index is 12.8. The molecule has 5 heteroatoms. The Labute approximate surface area is 80.4 Å². The zero-order valence-corrected chi connectivity index (χ0v) is 7.88. The molecule has 14 heavy (non-hydrogen) atoms. The van der Waals surface area contributed by atoms with Crippen LogP contribution in [-0.2, 0) is 9.84 Å². The molecule has 0 bridgehead atoms. The summed E-state index contributed by atoms with van der Waals surface area (Å²) in [5.74, 6) is -0.597. The first-order chi connectivity index (χ1) is 6.54. The number of sulfone groups is 1. The van der Waals surface area contributed by atoms with Crippen LogP contribution < -0.4 is 0 Å². The van der Waals surface area contributed by atoms with E-state index in [-0.39, 0.29) is 11.5 Å². The molecule has 0 atom stereocenters. The zero-order valence-electron chi connectivity index (χ0n) is 7.07. The highest BCUT2D eigenvalue weighted by Crippen LogP contribution is 2.33. The Balaban J connectivity index is 2.75. The molecule has 1 heterocycles. The van der Waals surface area contributed by atoms with Crippen LogP contribution in [0.25, 0.3) is 5.57 Å². The van der Waals surface area contributed by atoms with E-state index in [4.69, 9.17) is 5.11 Å². The van der Waals surface area contributed by atoms with E-state index >= 15 is 0 Å². The molecule has 0 spiro atoms. The minimum absolute atomic E-state index is 0.0680. The summed E-state index contributed by atoms with van der Waals surface area (Å²) in [7, 11) is -3.55. The topological polar surface area (TPSA) is 54.4 Å². The molecule has 0 saturated carbocycles. The summed E-state index contributed by atoms with van der Waals surface area (Å²) in [6.07, 6.45) is 0. The molecule has 1 aliphatic heterocycles. The van der Waals surface area contributed by atoms with E-state index in [0.29, 0.717) is 11.1 Å². The largest absolute Gasteiger partial charge is 0.392 e. The minimum atomic E-state index is -3.55. The smallest absolute Gasteiger partial charge is 0.200 e. The lowest BCUT2D eigenvalue weighted by Gasteiger charge is -2.00. The van der Waals surface area contributed by atoms with Gasteiger partial charge in [-0.3, -0.25) is 0 Å². The summed E-state index contributed by atoms with van der Waals surface area (Å²) in [5, 5.41) is 9.86.